The van der Waals surface area contributed by atoms with Gasteiger partial charge in [-0.3, -0.25) is 4.98 Å². The fraction of sp³-hybridized carbons (Fsp3) is 0.167. The van der Waals surface area contributed by atoms with E-state index in [1.807, 2.05) is 18.2 Å². The number of nitriles is 1. The minimum absolute atomic E-state index is 0.380. The van der Waals surface area contributed by atoms with Crippen LogP contribution in [-0.4, -0.2) is 4.98 Å². The Bertz CT molecular complexity index is 529. The van der Waals surface area contributed by atoms with Gasteiger partial charge in [0.25, 0.3) is 0 Å². The molecule has 1 heterocycles. The van der Waals surface area contributed by atoms with E-state index in [0.29, 0.717) is 12.3 Å². The van der Waals surface area contributed by atoms with Crippen LogP contribution >= 0.6 is 11.6 Å². The number of fused-ring (bicyclic) bond motifs is 1. The molecule has 0 radical (unpaired) electrons. The first kappa shape index (κ1) is 9.95. The summed E-state index contributed by atoms with van der Waals surface area (Å²) >= 11 is 5.84. The van der Waals surface area contributed by atoms with Crippen molar-refractivity contribution in [2.45, 2.75) is 12.3 Å². The van der Waals surface area contributed by atoms with Gasteiger partial charge in [0.05, 0.1) is 12.5 Å². The van der Waals surface area contributed by atoms with E-state index in [9.17, 15) is 0 Å². The second kappa shape index (κ2) is 4.29. The van der Waals surface area contributed by atoms with Gasteiger partial charge in [-0.15, -0.1) is 11.6 Å². The zero-order valence-electron chi connectivity index (χ0n) is 8.07. The molecule has 2 nitrogen and oxygen atoms in total. The molecule has 1 aromatic heterocycles. The van der Waals surface area contributed by atoms with Crippen molar-refractivity contribution in [3.63, 3.8) is 0 Å². The number of aromatic nitrogens is 1. The summed E-state index contributed by atoms with van der Waals surface area (Å²) in [5.74, 6) is 0.432. The summed E-state index contributed by atoms with van der Waals surface area (Å²) in [5.41, 5.74) is 2.01. The van der Waals surface area contributed by atoms with Gasteiger partial charge in [-0.1, -0.05) is 12.1 Å². The van der Waals surface area contributed by atoms with Crippen molar-refractivity contribution < 1.29 is 0 Å². The number of hydrogen-bond acceptors (Lipinski definition) is 2. The highest BCUT2D eigenvalue weighted by Crippen LogP contribution is 2.23. The van der Waals surface area contributed by atoms with Gasteiger partial charge in [-0.05, 0) is 22.6 Å². The summed E-state index contributed by atoms with van der Waals surface area (Å²) in [7, 11) is 0. The molecule has 0 amide bonds. The highest BCUT2D eigenvalue weighted by molar-refractivity contribution is 6.17. The molecule has 2 rings (SSSR count). The number of halogens is 1. The van der Waals surface area contributed by atoms with Crippen molar-refractivity contribution >= 4 is 22.4 Å². The first-order chi connectivity index (χ1) is 7.36. The van der Waals surface area contributed by atoms with Crippen LogP contribution in [0.3, 0.4) is 0 Å². The molecule has 0 aliphatic carbocycles. The van der Waals surface area contributed by atoms with Gasteiger partial charge in [0.2, 0.25) is 0 Å². The summed E-state index contributed by atoms with van der Waals surface area (Å²) in [5, 5.41) is 10.9. The topological polar surface area (TPSA) is 36.7 Å². The summed E-state index contributed by atoms with van der Waals surface area (Å²) < 4.78 is 0. The number of hydrogen-bond donors (Lipinski definition) is 0. The summed E-state index contributed by atoms with van der Waals surface area (Å²) in [6.07, 6.45) is 3.92. The van der Waals surface area contributed by atoms with Crippen LogP contribution in [0.4, 0.5) is 0 Å². The van der Waals surface area contributed by atoms with E-state index in [1.165, 1.54) is 0 Å². The van der Waals surface area contributed by atoms with Gasteiger partial charge in [0.15, 0.2) is 0 Å². The molecule has 0 unspecified atom stereocenters. The lowest BCUT2D eigenvalue weighted by Gasteiger charge is -2.07. The summed E-state index contributed by atoms with van der Waals surface area (Å²) in [6, 6.07) is 8.09. The lowest BCUT2D eigenvalue weighted by Crippen LogP contribution is -1.92. The van der Waals surface area contributed by atoms with Crippen LogP contribution in [0.2, 0.25) is 0 Å². The Morgan fingerprint density at radius 1 is 1.33 bits per heavy atom. The minimum Gasteiger partial charge on any atom is -0.264 e. The van der Waals surface area contributed by atoms with Gasteiger partial charge in [-0.25, -0.2) is 0 Å². The quantitative estimate of drug-likeness (QED) is 0.724. The summed E-state index contributed by atoms with van der Waals surface area (Å²) in [6.45, 7) is 0. The van der Waals surface area contributed by atoms with E-state index in [-0.39, 0.29) is 0 Å². The zero-order chi connectivity index (χ0) is 10.7. The monoisotopic (exact) mass is 216 g/mol. The molecule has 0 bridgehead atoms. The predicted octanol–water partition coefficient (Wildman–Crippen LogP) is 3.04. The van der Waals surface area contributed by atoms with Crippen molar-refractivity contribution in [2.75, 3.05) is 0 Å². The van der Waals surface area contributed by atoms with E-state index in [4.69, 9.17) is 16.9 Å². The Kier molecular flexibility index (Phi) is 2.84. The van der Waals surface area contributed by atoms with Crippen LogP contribution in [-0.2, 0) is 12.3 Å². The van der Waals surface area contributed by atoms with E-state index in [0.717, 1.165) is 21.9 Å². The molecule has 2 aromatic rings. The van der Waals surface area contributed by atoms with E-state index in [2.05, 4.69) is 11.1 Å². The lowest BCUT2D eigenvalue weighted by molar-refractivity contribution is 1.21. The molecule has 0 N–H and O–H groups in total. The van der Waals surface area contributed by atoms with Crippen molar-refractivity contribution in [3.8, 4) is 6.07 Å². The maximum atomic E-state index is 8.79. The highest BCUT2D eigenvalue weighted by Gasteiger charge is 2.06. The average Bonchev–Trinajstić information content (AvgIpc) is 2.30. The normalized spacial score (nSPS) is 10.1. The Labute approximate surface area is 93.1 Å². The molecule has 74 valence electrons. The molecular formula is C12H9ClN2. The van der Waals surface area contributed by atoms with Gasteiger partial charge < -0.3 is 0 Å². The molecule has 0 fully saturated rings. The Morgan fingerprint density at radius 3 is 2.93 bits per heavy atom. The number of nitrogens with zero attached hydrogens (tertiary/aromatic N) is 2. The maximum absolute atomic E-state index is 8.79. The first-order valence-corrected chi connectivity index (χ1v) is 5.17. The Balaban J connectivity index is 2.74. The molecule has 0 aliphatic heterocycles. The number of pyridine rings is 1. The fourth-order valence-electron chi connectivity index (χ4n) is 1.68. The highest BCUT2D eigenvalue weighted by atomic mass is 35.5. The average molecular weight is 217 g/mol. The molecule has 3 heteroatoms. The third kappa shape index (κ3) is 1.79. The molecule has 0 spiro atoms. The molecule has 0 saturated heterocycles. The third-order valence-electron chi connectivity index (χ3n) is 2.43. The lowest BCUT2D eigenvalue weighted by atomic mass is 9.99. The molecule has 1 aromatic carbocycles. The maximum Gasteiger partial charge on any atom is 0.0670 e. The van der Waals surface area contributed by atoms with Crippen LogP contribution in [0.1, 0.15) is 11.1 Å². The standard InChI is InChI=1S/C12H9ClN2/c13-7-10-2-1-9-4-6-15-8-12(9)11(10)3-5-14/h1-2,4,6,8H,3,7H2. The first-order valence-electron chi connectivity index (χ1n) is 4.64. The predicted molar refractivity (Wildman–Crippen MR) is 60.6 cm³/mol. The van der Waals surface area contributed by atoms with Crippen LogP contribution < -0.4 is 0 Å². The van der Waals surface area contributed by atoms with E-state index >= 15 is 0 Å². The third-order valence-corrected chi connectivity index (χ3v) is 2.72. The van der Waals surface area contributed by atoms with Crippen LogP contribution in [0.15, 0.2) is 30.6 Å². The van der Waals surface area contributed by atoms with Crippen molar-refractivity contribution in [2.24, 2.45) is 0 Å². The molecular weight excluding hydrogens is 208 g/mol. The van der Waals surface area contributed by atoms with Gasteiger partial charge >= 0.3 is 0 Å². The zero-order valence-corrected chi connectivity index (χ0v) is 8.83. The van der Waals surface area contributed by atoms with Crippen molar-refractivity contribution in [1.82, 2.24) is 4.98 Å². The smallest absolute Gasteiger partial charge is 0.0670 e. The van der Waals surface area contributed by atoms with E-state index < -0.39 is 0 Å². The van der Waals surface area contributed by atoms with E-state index in [1.54, 1.807) is 12.4 Å². The Morgan fingerprint density at radius 2 is 2.20 bits per heavy atom. The number of benzene rings is 1. The number of rotatable bonds is 2. The van der Waals surface area contributed by atoms with Gasteiger partial charge in [0.1, 0.15) is 0 Å². The molecule has 15 heavy (non-hydrogen) atoms. The number of alkyl halides is 1. The second-order valence-electron chi connectivity index (χ2n) is 3.27. The SMILES string of the molecule is N#CCc1c(CCl)ccc2ccncc12. The largest absolute Gasteiger partial charge is 0.264 e. The fourth-order valence-corrected chi connectivity index (χ4v) is 1.93. The summed E-state index contributed by atoms with van der Waals surface area (Å²) in [4.78, 5) is 4.08. The Hall–Kier alpha value is -1.59. The second-order valence-corrected chi connectivity index (χ2v) is 3.54. The van der Waals surface area contributed by atoms with Gasteiger partial charge in [0, 0.05) is 23.7 Å². The molecule has 0 atom stereocenters. The van der Waals surface area contributed by atoms with Crippen LogP contribution in [0, 0.1) is 11.3 Å². The minimum atomic E-state index is 0.380. The molecule has 0 saturated carbocycles. The van der Waals surface area contributed by atoms with Crippen LogP contribution in [0.5, 0.6) is 0 Å². The van der Waals surface area contributed by atoms with Crippen molar-refractivity contribution in [1.29, 1.82) is 5.26 Å². The molecule has 0 aliphatic rings. The van der Waals surface area contributed by atoms with Gasteiger partial charge in [-0.2, -0.15) is 5.26 Å². The van der Waals surface area contributed by atoms with Crippen molar-refractivity contribution in [3.05, 3.63) is 41.7 Å². The van der Waals surface area contributed by atoms with Crippen LogP contribution in [0.25, 0.3) is 10.8 Å².